The number of ether oxygens (including phenoxy) is 1. The number of amides is 1. The second kappa shape index (κ2) is 10.1. The normalized spacial score (nSPS) is 15.5. The maximum absolute atomic E-state index is 13.2. The summed E-state index contributed by atoms with van der Waals surface area (Å²) in [5.74, 6) is 0.631. The van der Waals surface area contributed by atoms with E-state index >= 15 is 0 Å². The van der Waals surface area contributed by atoms with Gasteiger partial charge in [-0.25, -0.2) is 0 Å². The molecule has 0 N–H and O–H groups in total. The number of carbonyl (C=O) groups is 2. The number of anilines is 1. The molecule has 1 atom stereocenters. The first-order valence-corrected chi connectivity index (χ1v) is 10.8. The molecule has 0 saturated carbocycles. The van der Waals surface area contributed by atoms with Crippen LogP contribution in [0, 0.1) is 0 Å². The Morgan fingerprint density at radius 2 is 1.59 bits per heavy atom. The second-order valence-electron chi connectivity index (χ2n) is 7.81. The quantitative estimate of drug-likeness (QED) is 0.525. The van der Waals surface area contributed by atoms with Gasteiger partial charge in [-0.15, -0.1) is 0 Å². The molecule has 5 heteroatoms. The summed E-state index contributed by atoms with van der Waals surface area (Å²) in [5, 5.41) is 0. The first kappa shape index (κ1) is 21.5. The molecule has 0 radical (unpaired) electrons. The highest BCUT2D eigenvalue weighted by Crippen LogP contribution is 2.28. The van der Waals surface area contributed by atoms with Gasteiger partial charge in [0.05, 0.1) is 11.4 Å². The number of para-hydroxylation sites is 2. The number of aliphatic imine (C=N–C) groups is 1. The molecule has 3 aromatic rings. The predicted octanol–water partition coefficient (Wildman–Crippen LogP) is 4.69. The highest BCUT2D eigenvalue weighted by atomic mass is 16.5. The zero-order chi connectivity index (χ0) is 22.3. The standard InChI is InChI=1S/C27H26N2O3/c1-29-25-18-9-8-16-23(25)26(20-11-4-2-5-12-20)28-24(27(29)31)17-10-13-21(30)19-32-22-14-6-3-7-15-22/h2-9,11-12,14-16,18,24H,10,13,17,19H2,1H3. The molecule has 0 saturated heterocycles. The van der Waals surface area contributed by atoms with Crippen molar-refractivity contribution in [2.45, 2.75) is 25.3 Å². The molecule has 32 heavy (non-hydrogen) atoms. The van der Waals surface area contributed by atoms with Gasteiger partial charge in [-0.2, -0.15) is 0 Å². The zero-order valence-corrected chi connectivity index (χ0v) is 18.1. The predicted molar refractivity (Wildman–Crippen MR) is 127 cm³/mol. The van der Waals surface area contributed by atoms with Gasteiger partial charge in [0.25, 0.3) is 5.91 Å². The Morgan fingerprint density at radius 3 is 2.34 bits per heavy atom. The highest BCUT2D eigenvalue weighted by Gasteiger charge is 2.29. The van der Waals surface area contributed by atoms with Crippen LogP contribution in [0.5, 0.6) is 5.75 Å². The Labute approximate surface area is 188 Å². The number of fused-ring (bicyclic) bond motifs is 1. The molecule has 1 heterocycles. The lowest BCUT2D eigenvalue weighted by atomic mass is 10.0. The van der Waals surface area contributed by atoms with Crippen LogP contribution in [0.2, 0.25) is 0 Å². The Morgan fingerprint density at radius 1 is 0.938 bits per heavy atom. The molecule has 0 aromatic heterocycles. The molecule has 162 valence electrons. The minimum Gasteiger partial charge on any atom is -0.486 e. The molecule has 1 unspecified atom stereocenters. The average molecular weight is 427 g/mol. The molecule has 0 bridgehead atoms. The zero-order valence-electron chi connectivity index (χ0n) is 18.1. The summed E-state index contributed by atoms with van der Waals surface area (Å²) in [6, 6.07) is 26.5. The third kappa shape index (κ3) is 4.94. The monoisotopic (exact) mass is 426 g/mol. The Kier molecular flexibility index (Phi) is 6.75. The molecule has 1 aliphatic heterocycles. The van der Waals surface area contributed by atoms with E-state index in [2.05, 4.69) is 0 Å². The van der Waals surface area contributed by atoms with E-state index in [1.165, 1.54) is 0 Å². The number of Topliss-reactive ketones (excluding diaryl/α,β-unsaturated/α-hetero) is 1. The van der Waals surface area contributed by atoms with Crippen molar-refractivity contribution in [2.75, 3.05) is 18.6 Å². The number of benzodiazepines with no additional fused rings is 1. The van der Waals surface area contributed by atoms with Crippen molar-refractivity contribution < 1.29 is 14.3 Å². The molecular weight excluding hydrogens is 400 g/mol. The number of carbonyl (C=O) groups excluding carboxylic acids is 2. The van der Waals surface area contributed by atoms with Gasteiger partial charge in [0, 0.05) is 24.6 Å². The summed E-state index contributed by atoms with van der Waals surface area (Å²) in [4.78, 5) is 32.0. The molecule has 0 fully saturated rings. The van der Waals surface area contributed by atoms with Crippen LogP contribution >= 0.6 is 0 Å². The SMILES string of the molecule is CN1C(=O)C(CCCC(=O)COc2ccccc2)N=C(c2ccccc2)c2ccccc21. The van der Waals surface area contributed by atoms with Crippen molar-refractivity contribution in [3.05, 3.63) is 96.1 Å². The minimum absolute atomic E-state index is 0.0128. The number of likely N-dealkylation sites (N-methyl/N-ethyl adjacent to an activating group) is 1. The topological polar surface area (TPSA) is 59.0 Å². The second-order valence-corrected chi connectivity index (χ2v) is 7.81. The summed E-state index contributed by atoms with van der Waals surface area (Å²) in [7, 11) is 1.79. The molecular formula is C27H26N2O3. The van der Waals surface area contributed by atoms with E-state index in [0.29, 0.717) is 25.0 Å². The number of rotatable bonds is 8. The summed E-state index contributed by atoms with van der Waals surface area (Å²) in [5.41, 5.74) is 3.56. The summed E-state index contributed by atoms with van der Waals surface area (Å²) in [6.07, 6.45) is 1.43. The van der Waals surface area contributed by atoms with Crippen LogP contribution in [0.15, 0.2) is 89.9 Å². The fourth-order valence-corrected chi connectivity index (χ4v) is 3.85. The Hall–Kier alpha value is -3.73. The Balaban J connectivity index is 1.47. The van der Waals surface area contributed by atoms with Crippen LogP contribution in [-0.2, 0) is 9.59 Å². The Bertz CT molecular complexity index is 1110. The molecule has 5 nitrogen and oxygen atoms in total. The maximum Gasteiger partial charge on any atom is 0.251 e. The van der Waals surface area contributed by atoms with Crippen LogP contribution in [0.4, 0.5) is 5.69 Å². The van der Waals surface area contributed by atoms with E-state index in [0.717, 1.165) is 22.5 Å². The minimum atomic E-state index is -0.537. The van der Waals surface area contributed by atoms with Gasteiger partial charge in [-0.3, -0.25) is 14.6 Å². The lowest BCUT2D eigenvalue weighted by molar-refractivity contribution is -0.122. The number of nitrogens with zero attached hydrogens (tertiary/aromatic N) is 2. The van der Waals surface area contributed by atoms with Crippen LogP contribution < -0.4 is 9.64 Å². The number of hydrogen-bond donors (Lipinski definition) is 0. The molecule has 0 spiro atoms. The summed E-state index contributed by atoms with van der Waals surface area (Å²) < 4.78 is 5.53. The van der Waals surface area contributed by atoms with Crippen LogP contribution in [0.25, 0.3) is 0 Å². The smallest absolute Gasteiger partial charge is 0.251 e. The van der Waals surface area contributed by atoms with Gasteiger partial charge in [0.1, 0.15) is 18.4 Å². The molecule has 1 amide bonds. The van der Waals surface area contributed by atoms with Gasteiger partial charge in [-0.1, -0.05) is 66.7 Å². The molecule has 3 aromatic carbocycles. The van der Waals surface area contributed by atoms with Crippen molar-refractivity contribution >= 4 is 23.1 Å². The van der Waals surface area contributed by atoms with Gasteiger partial charge >= 0.3 is 0 Å². The third-order valence-electron chi connectivity index (χ3n) is 5.54. The summed E-state index contributed by atoms with van der Waals surface area (Å²) in [6.45, 7) is 0.0342. The molecule has 1 aliphatic rings. The van der Waals surface area contributed by atoms with Gasteiger partial charge < -0.3 is 9.64 Å². The maximum atomic E-state index is 13.2. The van der Waals surface area contributed by atoms with Crippen LogP contribution in [0.1, 0.15) is 30.4 Å². The number of ketones is 1. The van der Waals surface area contributed by atoms with E-state index in [9.17, 15) is 9.59 Å². The fraction of sp³-hybridized carbons (Fsp3) is 0.222. The largest absolute Gasteiger partial charge is 0.486 e. The average Bonchev–Trinajstić information content (AvgIpc) is 2.94. The fourth-order valence-electron chi connectivity index (χ4n) is 3.85. The lowest BCUT2D eigenvalue weighted by Gasteiger charge is -2.20. The van der Waals surface area contributed by atoms with Crippen molar-refractivity contribution in [2.24, 2.45) is 4.99 Å². The van der Waals surface area contributed by atoms with Crippen LogP contribution in [0.3, 0.4) is 0 Å². The van der Waals surface area contributed by atoms with Crippen molar-refractivity contribution in [3.63, 3.8) is 0 Å². The van der Waals surface area contributed by atoms with E-state index in [-0.39, 0.29) is 18.3 Å². The first-order valence-electron chi connectivity index (χ1n) is 10.8. The molecule has 4 rings (SSSR count). The van der Waals surface area contributed by atoms with Crippen molar-refractivity contribution in [1.82, 2.24) is 0 Å². The van der Waals surface area contributed by atoms with E-state index in [4.69, 9.17) is 9.73 Å². The van der Waals surface area contributed by atoms with E-state index < -0.39 is 6.04 Å². The number of benzene rings is 3. The molecule has 0 aliphatic carbocycles. The third-order valence-corrected chi connectivity index (χ3v) is 5.54. The summed E-state index contributed by atoms with van der Waals surface area (Å²) >= 11 is 0. The first-order chi connectivity index (χ1) is 15.6. The lowest BCUT2D eigenvalue weighted by Crippen LogP contribution is -2.34. The van der Waals surface area contributed by atoms with Gasteiger partial charge in [0.15, 0.2) is 5.78 Å². The van der Waals surface area contributed by atoms with Crippen molar-refractivity contribution in [1.29, 1.82) is 0 Å². The van der Waals surface area contributed by atoms with Crippen LogP contribution in [-0.4, -0.2) is 37.1 Å². The number of hydrogen-bond acceptors (Lipinski definition) is 4. The van der Waals surface area contributed by atoms with Gasteiger partial charge in [0.2, 0.25) is 0 Å². The van der Waals surface area contributed by atoms with E-state index in [1.807, 2.05) is 84.9 Å². The van der Waals surface area contributed by atoms with E-state index in [1.54, 1.807) is 11.9 Å². The van der Waals surface area contributed by atoms with Crippen molar-refractivity contribution in [3.8, 4) is 5.75 Å². The van der Waals surface area contributed by atoms with Gasteiger partial charge in [-0.05, 0) is 31.0 Å². The highest BCUT2D eigenvalue weighted by molar-refractivity contribution is 6.20.